The number of nitrogens with zero attached hydrogens (tertiary/aromatic N) is 1. The molecule has 25 heavy (non-hydrogen) atoms. The minimum Gasteiger partial charge on any atom is -0.365 e. The summed E-state index contributed by atoms with van der Waals surface area (Å²) < 4.78 is 45.2. The smallest absolute Gasteiger partial charge is 0.253 e. The highest BCUT2D eigenvalue weighted by Crippen LogP contribution is 2.18. The summed E-state index contributed by atoms with van der Waals surface area (Å²) in [5.41, 5.74) is 0.738. The van der Waals surface area contributed by atoms with E-state index in [4.69, 9.17) is 4.74 Å². The van der Waals surface area contributed by atoms with Gasteiger partial charge in [-0.2, -0.15) is 0 Å². The van der Waals surface area contributed by atoms with Crippen molar-refractivity contribution in [3.63, 3.8) is 0 Å². The Bertz CT molecular complexity index is 841. The fourth-order valence-corrected chi connectivity index (χ4v) is 3.57. The molecule has 0 aliphatic carbocycles. The molecule has 2 aromatic rings. The second-order valence-corrected chi connectivity index (χ2v) is 7.35. The van der Waals surface area contributed by atoms with Crippen molar-refractivity contribution in [2.45, 2.75) is 11.0 Å². The summed E-state index contributed by atoms with van der Waals surface area (Å²) in [5, 5.41) is 0. The first-order valence-corrected chi connectivity index (χ1v) is 9.16. The van der Waals surface area contributed by atoms with Gasteiger partial charge in [0.05, 0.1) is 17.5 Å². The molecular weight excluding hydrogens is 347 g/mol. The Morgan fingerprint density at radius 3 is 2.48 bits per heavy atom. The van der Waals surface area contributed by atoms with Crippen molar-refractivity contribution < 1.29 is 22.3 Å². The summed E-state index contributed by atoms with van der Waals surface area (Å²) in [6.07, 6.45) is -0.479. The number of carbonyl (C=O) groups is 1. The fraction of sp³-hybridized carbons (Fsp3) is 0.235. The van der Waals surface area contributed by atoms with E-state index in [1.807, 2.05) is 30.3 Å². The highest BCUT2D eigenvalue weighted by molar-refractivity contribution is 7.89. The van der Waals surface area contributed by atoms with Gasteiger partial charge in [0.25, 0.3) is 5.91 Å². The zero-order valence-electron chi connectivity index (χ0n) is 13.3. The summed E-state index contributed by atoms with van der Waals surface area (Å²) in [5.74, 6) is -0.685. The van der Waals surface area contributed by atoms with E-state index < -0.39 is 21.9 Å². The lowest BCUT2D eigenvalue weighted by Crippen LogP contribution is -2.50. The molecular formula is C17H17FN2O4S. The molecule has 0 aromatic heterocycles. The maximum atomic E-state index is 12.9. The van der Waals surface area contributed by atoms with Crippen LogP contribution < -0.4 is 9.62 Å². The SMILES string of the molecule is O=C1COC(CNS(=O)(=O)c2ccc(F)cc2)CN1c1ccccc1. The van der Waals surface area contributed by atoms with Crippen LogP contribution in [0.2, 0.25) is 0 Å². The lowest BCUT2D eigenvalue weighted by Gasteiger charge is -2.32. The van der Waals surface area contributed by atoms with E-state index >= 15 is 0 Å². The zero-order chi connectivity index (χ0) is 17.9. The van der Waals surface area contributed by atoms with Crippen LogP contribution in [0.25, 0.3) is 0 Å². The Morgan fingerprint density at radius 1 is 1.12 bits per heavy atom. The van der Waals surface area contributed by atoms with E-state index in [-0.39, 0.29) is 30.5 Å². The molecule has 1 saturated heterocycles. The highest BCUT2D eigenvalue weighted by Gasteiger charge is 2.28. The van der Waals surface area contributed by atoms with Crippen molar-refractivity contribution in [1.29, 1.82) is 0 Å². The number of hydrogen-bond donors (Lipinski definition) is 1. The maximum absolute atomic E-state index is 12.9. The normalized spacial score (nSPS) is 18.4. The van der Waals surface area contributed by atoms with Crippen LogP contribution in [-0.2, 0) is 19.6 Å². The summed E-state index contributed by atoms with van der Waals surface area (Å²) in [6, 6.07) is 13.7. The predicted molar refractivity (Wildman–Crippen MR) is 90.1 cm³/mol. The number of hydrogen-bond acceptors (Lipinski definition) is 4. The van der Waals surface area contributed by atoms with E-state index in [1.54, 1.807) is 4.90 Å². The Labute approximate surface area is 145 Å². The number of nitrogens with one attached hydrogen (secondary N) is 1. The summed E-state index contributed by atoms with van der Waals surface area (Å²) in [6.45, 7) is 0.142. The van der Waals surface area contributed by atoms with E-state index in [0.29, 0.717) is 0 Å². The number of para-hydroxylation sites is 1. The topological polar surface area (TPSA) is 75.7 Å². The fourth-order valence-electron chi connectivity index (χ4n) is 2.51. The van der Waals surface area contributed by atoms with E-state index in [2.05, 4.69) is 4.72 Å². The third-order valence-corrected chi connectivity index (χ3v) is 5.26. The number of benzene rings is 2. The minimum absolute atomic E-state index is 0.0102. The van der Waals surface area contributed by atoms with Crippen molar-refractivity contribution in [2.75, 3.05) is 24.6 Å². The van der Waals surface area contributed by atoms with Crippen molar-refractivity contribution in [2.24, 2.45) is 0 Å². The van der Waals surface area contributed by atoms with Gasteiger partial charge < -0.3 is 9.64 Å². The second-order valence-electron chi connectivity index (χ2n) is 5.58. The van der Waals surface area contributed by atoms with Crippen LogP contribution in [0.3, 0.4) is 0 Å². The van der Waals surface area contributed by atoms with Crippen molar-refractivity contribution in [3.05, 3.63) is 60.4 Å². The van der Waals surface area contributed by atoms with Crippen LogP contribution >= 0.6 is 0 Å². The molecule has 1 aliphatic heterocycles. The molecule has 6 nitrogen and oxygen atoms in total. The molecule has 0 bridgehead atoms. The molecule has 0 saturated carbocycles. The van der Waals surface area contributed by atoms with E-state index in [9.17, 15) is 17.6 Å². The average molecular weight is 364 g/mol. The van der Waals surface area contributed by atoms with E-state index in [1.165, 1.54) is 12.1 Å². The van der Waals surface area contributed by atoms with Crippen LogP contribution in [0.5, 0.6) is 0 Å². The van der Waals surface area contributed by atoms with E-state index in [0.717, 1.165) is 17.8 Å². The Kier molecular flexibility index (Phi) is 5.12. The van der Waals surface area contributed by atoms with Gasteiger partial charge in [-0.05, 0) is 36.4 Å². The molecule has 1 N–H and O–H groups in total. The summed E-state index contributed by atoms with van der Waals surface area (Å²) in [4.78, 5) is 13.6. The molecule has 1 fully saturated rings. The zero-order valence-corrected chi connectivity index (χ0v) is 14.1. The summed E-state index contributed by atoms with van der Waals surface area (Å²) in [7, 11) is -3.77. The minimum atomic E-state index is -3.77. The first-order chi connectivity index (χ1) is 12.0. The van der Waals surface area contributed by atoms with Crippen LogP contribution in [0, 0.1) is 5.82 Å². The maximum Gasteiger partial charge on any atom is 0.253 e. The molecule has 8 heteroatoms. The largest absolute Gasteiger partial charge is 0.365 e. The van der Waals surface area contributed by atoms with Gasteiger partial charge in [-0.3, -0.25) is 4.79 Å². The van der Waals surface area contributed by atoms with Gasteiger partial charge in [-0.15, -0.1) is 0 Å². The van der Waals surface area contributed by atoms with Gasteiger partial charge in [0.1, 0.15) is 12.4 Å². The van der Waals surface area contributed by atoms with Crippen molar-refractivity contribution >= 4 is 21.6 Å². The number of amides is 1. The standard InChI is InChI=1S/C17H17FN2O4S/c18-13-6-8-16(9-7-13)25(22,23)19-10-15-11-20(17(21)12-24-15)14-4-2-1-3-5-14/h1-9,15,19H,10-12H2. The highest BCUT2D eigenvalue weighted by atomic mass is 32.2. The first kappa shape index (κ1) is 17.5. The number of anilines is 1. The van der Waals surface area contributed by atoms with Gasteiger partial charge in [-0.1, -0.05) is 18.2 Å². The number of sulfonamides is 1. The number of ether oxygens (including phenoxy) is 1. The average Bonchev–Trinajstić information content (AvgIpc) is 2.62. The Morgan fingerprint density at radius 2 is 1.80 bits per heavy atom. The lowest BCUT2D eigenvalue weighted by molar-refractivity contribution is -0.129. The molecule has 2 aromatic carbocycles. The number of morpholine rings is 1. The first-order valence-electron chi connectivity index (χ1n) is 7.68. The van der Waals surface area contributed by atoms with Crippen LogP contribution in [0.4, 0.5) is 10.1 Å². The van der Waals surface area contributed by atoms with Crippen molar-refractivity contribution in [3.8, 4) is 0 Å². The molecule has 1 atom stereocenters. The molecule has 1 unspecified atom stereocenters. The molecule has 132 valence electrons. The van der Waals surface area contributed by atoms with Gasteiger partial charge in [-0.25, -0.2) is 17.5 Å². The molecule has 0 radical (unpaired) electrons. The Balaban J connectivity index is 1.65. The third kappa shape index (κ3) is 4.22. The predicted octanol–water partition coefficient (Wildman–Crippen LogP) is 1.54. The van der Waals surface area contributed by atoms with Gasteiger partial charge in [0, 0.05) is 12.2 Å². The molecule has 1 aliphatic rings. The van der Waals surface area contributed by atoms with Gasteiger partial charge in [0.15, 0.2) is 0 Å². The van der Waals surface area contributed by atoms with Crippen LogP contribution in [0.15, 0.2) is 59.5 Å². The van der Waals surface area contributed by atoms with Gasteiger partial charge >= 0.3 is 0 Å². The molecule has 1 heterocycles. The summed E-state index contributed by atoms with van der Waals surface area (Å²) >= 11 is 0. The van der Waals surface area contributed by atoms with Gasteiger partial charge in [0.2, 0.25) is 10.0 Å². The number of rotatable bonds is 5. The second kappa shape index (κ2) is 7.30. The third-order valence-electron chi connectivity index (χ3n) is 3.82. The Hall–Kier alpha value is -2.29. The number of carbonyl (C=O) groups excluding carboxylic acids is 1. The molecule has 3 rings (SSSR count). The van der Waals surface area contributed by atoms with Crippen LogP contribution in [-0.4, -0.2) is 40.1 Å². The number of halogens is 1. The van der Waals surface area contributed by atoms with Crippen molar-refractivity contribution in [1.82, 2.24) is 4.72 Å². The van der Waals surface area contributed by atoms with Crippen LogP contribution in [0.1, 0.15) is 0 Å². The quantitative estimate of drug-likeness (QED) is 0.873. The molecule has 1 amide bonds. The lowest BCUT2D eigenvalue weighted by atomic mass is 10.2. The molecule has 0 spiro atoms. The monoisotopic (exact) mass is 364 g/mol.